The Hall–Kier alpha value is -1.57. The molecule has 24 heavy (non-hydrogen) atoms. The molecule has 0 saturated carbocycles. The SMILES string of the molecule is CCn1c(N)nc2cc(C(=O)NCC3CCNCC3)cnc21.Cl.Cl. The molecule has 3 rings (SSSR count). The highest BCUT2D eigenvalue weighted by Crippen LogP contribution is 2.17. The number of carbonyl (C=O) groups excluding carboxylic acids is 1. The van der Waals surface area contributed by atoms with E-state index in [4.69, 9.17) is 5.73 Å². The smallest absolute Gasteiger partial charge is 0.252 e. The van der Waals surface area contributed by atoms with Gasteiger partial charge in [-0.1, -0.05) is 0 Å². The molecule has 1 amide bonds. The number of pyridine rings is 1. The number of aromatic nitrogens is 3. The molecule has 1 saturated heterocycles. The maximum atomic E-state index is 12.3. The second kappa shape index (κ2) is 9.05. The lowest BCUT2D eigenvalue weighted by Gasteiger charge is -2.22. The van der Waals surface area contributed by atoms with E-state index in [1.807, 2.05) is 11.5 Å². The Balaban J connectivity index is 0.00000144. The van der Waals surface area contributed by atoms with Crippen LogP contribution < -0.4 is 16.4 Å². The zero-order valence-electron chi connectivity index (χ0n) is 13.6. The molecule has 0 radical (unpaired) electrons. The Morgan fingerprint density at radius 1 is 1.42 bits per heavy atom. The third-order valence-corrected chi connectivity index (χ3v) is 4.20. The van der Waals surface area contributed by atoms with Gasteiger partial charge in [-0.2, -0.15) is 0 Å². The van der Waals surface area contributed by atoms with E-state index >= 15 is 0 Å². The number of rotatable bonds is 4. The van der Waals surface area contributed by atoms with Crippen molar-refractivity contribution in [2.24, 2.45) is 5.92 Å². The van der Waals surface area contributed by atoms with E-state index in [1.165, 1.54) is 0 Å². The number of aryl methyl sites for hydroxylation is 1. The number of piperidine rings is 1. The zero-order valence-corrected chi connectivity index (χ0v) is 15.3. The number of nitrogens with two attached hydrogens (primary N) is 1. The average Bonchev–Trinajstić information content (AvgIpc) is 2.87. The fraction of sp³-hybridized carbons (Fsp3) is 0.533. The summed E-state index contributed by atoms with van der Waals surface area (Å²) in [5.41, 5.74) is 7.76. The summed E-state index contributed by atoms with van der Waals surface area (Å²) in [5.74, 6) is 0.881. The van der Waals surface area contributed by atoms with Crippen molar-refractivity contribution in [2.75, 3.05) is 25.4 Å². The van der Waals surface area contributed by atoms with Crippen molar-refractivity contribution in [3.63, 3.8) is 0 Å². The number of hydrogen-bond donors (Lipinski definition) is 3. The number of halogens is 2. The molecular formula is C15H24Cl2N6O. The number of fused-ring (bicyclic) bond motifs is 1. The van der Waals surface area contributed by atoms with Gasteiger partial charge in [0, 0.05) is 19.3 Å². The van der Waals surface area contributed by atoms with E-state index < -0.39 is 0 Å². The van der Waals surface area contributed by atoms with Gasteiger partial charge in [0.2, 0.25) is 5.95 Å². The summed E-state index contributed by atoms with van der Waals surface area (Å²) in [6, 6.07) is 1.75. The molecule has 0 unspecified atom stereocenters. The van der Waals surface area contributed by atoms with Crippen LogP contribution in [0.15, 0.2) is 12.3 Å². The van der Waals surface area contributed by atoms with Crippen LogP contribution in [0.1, 0.15) is 30.1 Å². The van der Waals surface area contributed by atoms with E-state index in [1.54, 1.807) is 12.3 Å². The lowest BCUT2D eigenvalue weighted by Crippen LogP contribution is -2.36. The predicted octanol–water partition coefficient (Wildman–Crippen LogP) is 1.61. The minimum absolute atomic E-state index is 0. The van der Waals surface area contributed by atoms with Crippen LogP contribution in [0.5, 0.6) is 0 Å². The number of carbonyl (C=O) groups is 1. The Morgan fingerprint density at radius 3 is 2.79 bits per heavy atom. The van der Waals surface area contributed by atoms with E-state index in [9.17, 15) is 4.79 Å². The monoisotopic (exact) mass is 374 g/mol. The van der Waals surface area contributed by atoms with Crippen molar-refractivity contribution >= 4 is 47.8 Å². The van der Waals surface area contributed by atoms with E-state index in [-0.39, 0.29) is 30.7 Å². The van der Waals surface area contributed by atoms with Gasteiger partial charge in [0.1, 0.15) is 5.52 Å². The lowest BCUT2D eigenvalue weighted by atomic mass is 9.98. The number of nitrogen functional groups attached to an aromatic ring is 1. The highest BCUT2D eigenvalue weighted by molar-refractivity contribution is 5.96. The Labute approximate surface area is 153 Å². The fourth-order valence-corrected chi connectivity index (χ4v) is 2.89. The van der Waals surface area contributed by atoms with Crippen molar-refractivity contribution < 1.29 is 4.79 Å². The largest absolute Gasteiger partial charge is 0.369 e. The number of amides is 1. The first-order valence-electron chi connectivity index (χ1n) is 7.79. The normalized spacial score (nSPS) is 14.7. The van der Waals surface area contributed by atoms with Crippen LogP contribution >= 0.6 is 24.8 Å². The number of imidazole rings is 1. The highest BCUT2D eigenvalue weighted by Gasteiger charge is 2.16. The molecule has 0 spiro atoms. The van der Waals surface area contributed by atoms with Crippen LogP contribution in [-0.4, -0.2) is 40.1 Å². The second-order valence-corrected chi connectivity index (χ2v) is 5.68. The quantitative estimate of drug-likeness (QED) is 0.754. The third kappa shape index (κ3) is 4.28. The zero-order chi connectivity index (χ0) is 15.5. The molecule has 1 aliphatic rings. The van der Waals surface area contributed by atoms with Crippen LogP contribution in [0.25, 0.3) is 11.2 Å². The number of anilines is 1. The van der Waals surface area contributed by atoms with Gasteiger partial charge in [0.15, 0.2) is 5.65 Å². The number of nitrogens with one attached hydrogen (secondary N) is 2. The van der Waals surface area contributed by atoms with E-state index in [0.29, 0.717) is 36.0 Å². The van der Waals surface area contributed by atoms with Crippen LogP contribution in [0.2, 0.25) is 0 Å². The molecule has 0 bridgehead atoms. The summed E-state index contributed by atoms with van der Waals surface area (Å²) in [4.78, 5) is 20.9. The molecule has 0 aromatic carbocycles. The van der Waals surface area contributed by atoms with Crippen LogP contribution in [0.3, 0.4) is 0 Å². The van der Waals surface area contributed by atoms with Crippen LogP contribution in [0, 0.1) is 5.92 Å². The molecule has 0 atom stereocenters. The van der Waals surface area contributed by atoms with Crippen molar-refractivity contribution in [3.8, 4) is 0 Å². The average molecular weight is 375 g/mol. The first-order chi connectivity index (χ1) is 10.7. The van der Waals surface area contributed by atoms with Gasteiger partial charge in [-0.25, -0.2) is 9.97 Å². The summed E-state index contributed by atoms with van der Waals surface area (Å²) >= 11 is 0. The molecule has 1 aliphatic heterocycles. The van der Waals surface area contributed by atoms with Gasteiger partial charge in [-0.3, -0.25) is 9.36 Å². The number of nitrogens with zero attached hydrogens (tertiary/aromatic N) is 3. The molecule has 9 heteroatoms. The topological polar surface area (TPSA) is 97.9 Å². The molecule has 7 nitrogen and oxygen atoms in total. The van der Waals surface area contributed by atoms with E-state index in [0.717, 1.165) is 31.6 Å². The van der Waals surface area contributed by atoms with Gasteiger partial charge in [-0.15, -0.1) is 24.8 Å². The minimum atomic E-state index is -0.0995. The molecule has 134 valence electrons. The molecule has 2 aromatic rings. The molecule has 4 N–H and O–H groups in total. The molecule has 1 fully saturated rings. The summed E-state index contributed by atoms with van der Waals surface area (Å²) in [6.07, 6.45) is 3.80. The predicted molar refractivity (Wildman–Crippen MR) is 100 cm³/mol. The van der Waals surface area contributed by atoms with Gasteiger partial charge < -0.3 is 16.4 Å². The van der Waals surface area contributed by atoms with Gasteiger partial charge in [0.25, 0.3) is 5.91 Å². The summed E-state index contributed by atoms with van der Waals surface area (Å²) < 4.78 is 1.83. The number of hydrogen-bond acceptors (Lipinski definition) is 5. The van der Waals surface area contributed by atoms with Gasteiger partial charge in [-0.05, 0) is 44.8 Å². The Morgan fingerprint density at radius 2 is 2.12 bits per heavy atom. The molecule has 2 aromatic heterocycles. The van der Waals surface area contributed by atoms with Crippen molar-refractivity contribution in [1.29, 1.82) is 0 Å². The molecule has 0 aliphatic carbocycles. The minimum Gasteiger partial charge on any atom is -0.369 e. The van der Waals surface area contributed by atoms with Gasteiger partial charge in [0.05, 0.1) is 5.56 Å². The highest BCUT2D eigenvalue weighted by atomic mass is 35.5. The van der Waals surface area contributed by atoms with Gasteiger partial charge >= 0.3 is 0 Å². The second-order valence-electron chi connectivity index (χ2n) is 5.68. The maximum Gasteiger partial charge on any atom is 0.252 e. The van der Waals surface area contributed by atoms with Crippen molar-refractivity contribution in [2.45, 2.75) is 26.3 Å². The Bertz CT molecular complexity index is 684. The van der Waals surface area contributed by atoms with Crippen molar-refractivity contribution in [3.05, 3.63) is 17.8 Å². The fourth-order valence-electron chi connectivity index (χ4n) is 2.89. The summed E-state index contributed by atoms with van der Waals surface area (Å²) in [7, 11) is 0. The molecule has 3 heterocycles. The summed E-state index contributed by atoms with van der Waals surface area (Å²) in [5, 5.41) is 6.32. The van der Waals surface area contributed by atoms with E-state index in [2.05, 4.69) is 20.6 Å². The standard InChI is InChI=1S/C15H22N6O.2ClH/c1-2-21-13-12(20-15(21)16)7-11(9-18-13)14(22)19-8-10-3-5-17-6-4-10;;/h7,9-10,17H,2-6,8H2,1H3,(H2,16,20)(H,19,22);2*1H. The maximum absolute atomic E-state index is 12.3. The third-order valence-electron chi connectivity index (χ3n) is 4.20. The van der Waals surface area contributed by atoms with Crippen LogP contribution in [-0.2, 0) is 6.54 Å². The lowest BCUT2D eigenvalue weighted by molar-refractivity contribution is 0.0944. The van der Waals surface area contributed by atoms with Crippen LogP contribution in [0.4, 0.5) is 5.95 Å². The summed E-state index contributed by atoms with van der Waals surface area (Å²) in [6.45, 7) is 5.46. The first kappa shape index (κ1) is 20.5. The van der Waals surface area contributed by atoms with Crippen molar-refractivity contribution in [1.82, 2.24) is 25.2 Å². The Kier molecular flexibility index (Phi) is 7.72. The molecular weight excluding hydrogens is 351 g/mol. The first-order valence-corrected chi connectivity index (χ1v) is 7.79.